The summed E-state index contributed by atoms with van der Waals surface area (Å²) in [4.78, 5) is 33.0. The number of benzene rings is 1. The molecule has 0 spiro atoms. The van der Waals surface area contributed by atoms with Gasteiger partial charge >= 0.3 is 0 Å². The molecule has 6 nitrogen and oxygen atoms in total. The number of hydrogen-bond donors (Lipinski definition) is 2. The van der Waals surface area contributed by atoms with E-state index in [-0.39, 0.29) is 17.9 Å². The lowest BCUT2D eigenvalue weighted by Crippen LogP contribution is -2.23. The standard InChI is InChI=1S/C18H18N4O2S/c1-10-6-4-5-7-13(10)9-19-22-15(23)8-14-20-17(24)16-11(2)12(3)25-18(16)21-14/h4-7,9H,8H2,1-3H3,(H,22,23)(H,20,21,24)/b19-9+. The van der Waals surface area contributed by atoms with Crippen molar-refractivity contribution in [2.45, 2.75) is 27.2 Å². The van der Waals surface area contributed by atoms with Crippen LogP contribution < -0.4 is 11.0 Å². The molecule has 3 rings (SSSR count). The molecule has 25 heavy (non-hydrogen) atoms. The number of nitrogens with one attached hydrogen (secondary N) is 2. The van der Waals surface area contributed by atoms with Gasteiger partial charge in [-0.05, 0) is 37.5 Å². The number of thiophene rings is 1. The first kappa shape index (κ1) is 17.0. The number of nitrogens with zero attached hydrogens (tertiary/aromatic N) is 2. The molecule has 0 unspecified atom stereocenters. The number of carbonyl (C=O) groups excluding carboxylic acids is 1. The summed E-state index contributed by atoms with van der Waals surface area (Å²) < 4.78 is 0. The first-order valence-corrected chi connectivity index (χ1v) is 8.64. The Morgan fingerprint density at radius 2 is 2.08 bits per heavy atom. The van der Waals surface area contributed by atoms with Gasteiger partial charge in [0.25, 0.3) is 5.56 Å². The monoisotopic (exact) mass is 354 g/mol. The fourth-order valence-corrected chi connectivity index (χ4v) is 3.53. The molecule has 2 N–H and O–H groups in total. The lowest BCUT2D eigenvalue weighted by molar-refractivity contribution is -0.120. The number of hydrazone groups is 1. The third kappa shape index (κ3) is 3.66. The van der Waals surface area contributed by atoms with E-state index in [1.807, 2.05) is 45.0 Å². The van der Waals surface area contributed by atoms with E-state index in [9.17, 15) is 9.59 Å². The second-order valence-electron chi connectivity index (χ2n) is 5.80. The molecule has 0 aliphatic carbocycles. The summed E-state index contributed by atoms with van der Waals surface area (Å²) in [7, 11) is 0. The van der Waals surface area contributed by atoms with E-state index in [0.29, 0.717) is 16.0 Å². The Hall–Kier alpha value is -2.80. The van der Waals surface area contributed by atoms with E-state index in [2.05, 4.69) is 20.5 Å². The van der Waals surface area contributed by atoms with Crippen LogP contribution in [0.1, 0.15) is 27.4 Å². The molecule has 128 valence electrons. The number of aromatic nitrogens is 2. The minimum Gasteiger partial charge on any atom is -0.309 e. The molecule has 7 heteroatoms. The molecule has 3 aromatic rings. The van der Waals surface area contributed by atoms with Crippen LogP contribution >= 0.6 is 11.3 Å². The normalized spacial score (nSPS) is 11.3. The van der Waals surface area contributed by atoms with Gasteiger partial charge in [-0.1, -0.05) is 24.3 Å². The molecule has 0 atom stereocenters. The maximum atomic E-state index is 12.2. The Morgan fingerprint density at radius 3 is 2.84 bits per heavy atom. The topological polar surface area (TPSA) is 87.2 Å². The van der Waals surface area contributed by atoms with Crippen molar-refractivity contribution in [1.82, 2.24) is 15.4 Å². The van der Waals surface area contributed by atoms with Crippen molar-refractivity contribution in [3.63, 3.8) is 0 Å². The van der Waals surface area contributed by atoms with Gasteiger partial charge in [0.15, 0.2) is 0 Å². The van der Waals surface area contributed by atoms with Crippen molar-refractivity contribution in [2.75, 3.05) is 0 Å². The van der Waals surface area contributed by atoms with Crippen molar-refractivity contribution in [1.29, 1.82) is 0 Å². The molecule has 0 radical (unpaired) electrons. The fourth-order valence-electron chi connectivity index (χ4n) is 2.48. The number of aromatic amines is 1. The van der Waals surface area contributed by atoms with Gasteiger partial charge in [0, 0.05) is 4.88 Å². The Morgan fingerprint density at radius 1 is 1.32 bits per heavy atom. The van der Waals surface area contributed by atoms with Crippen LogP contribution in [-0.2, 0) is 11.2 Å². The molecule has 0 aliphatic heterocycles. The SMILES string of the molecule is Cc1ccccc1/C=N/NC(=O)Cc1nc2sc(C)c(C)c2c(=O)[nH]1. The average Bonchev–Trinajstić information content (AvgIpc) is 2.84. The summed E-state index contributed by atoms with van der Waals surface area (Å²) in [5.74, 6) is -0.000300. The third-order valence-corrected chi connectivity index (χ3v) is 5.10. The highest BCUT2D eigenvalue weighted by molar-refractivity contribution is 7.18. The Balaban J connectivity index is 1.72. The Labute approximate surface area is 148 Å². The smallest absolute Gasteiger partial charge is 0.259 e. The van der Waals surface area contributed by atoms with E-state index in [1.165, 1.54) is 11.3 Å². The quantitative estimate of drug-likeness (QED) is 0.558. The number of hydrogen-bond acceptors (Lipinski definition) is 5. The van der Waals surface area contributed by atoms with Crippen molar-refractivity contribution in [3.8, 4) is 0 Å². The molecular weight excluding hydrogens is 336 g/mol. The van der Waals surface area contributed by atoms with Crippen molar-refractivity contribution in [2.24, 2.45) is 5.10 Å². The Kier molecular flexibility index (Phi) is 4.76. The van der Waals surface area contributed by atoms with Crippen molar-refractivity contribution in [3.05, 3.63) is 62.0 Å². The molecular formula is C18H18N4O2S. The number of fused-ring (bicyclic) bond motifs is 1. The van der Waals surface area contributed by atoms with Crippen molar-refractivity contribution >= 4 is 33.7 Å². The molecule has 0 aliphatic rings. The first-order valence-electron chi connectivity index (χ1n) is 7.82. The highest BCUT2D eigenvalue weighted by atomic mass is 32.1. The van der Waals surface area contributed by atoms with Crippen LogP contribution in [0, 0.1) is 20.8 Å². The lowest BCUT2D eigenvalue weighted by atomic mass is 10.1. The van der Waals surface area contributed by atoms with Crippen LogP contribution in [0.5, 0.6) is 0 Å². The highest BCUT2D eigenvalue weighted by Gasteiger charge is 2.13. The van der Waals surface area contributed by atoms with Gasteiger partial charge in [0.1, 0.15) is 10.7 Å². The number of amides is 1. The predicted octanol–water partition coefficient (Wildman–Crippen LogP) is 2.60. The van der Waals surface area contributed by atoms with Crippen LogP contribution in [-0.4, -0.2) is 22.1 Å². The van der Waals surface area contributed by atoms with Crippen LogP contribution in [0.4, 0.5) is 0 Å². The van der Waals surface area contributed by atoms with Crippen LogP contribution in [0.3, 0.4) is 0 Å². The summed E-state index contributed by atoms with van der Waals surface area (Å²) in [6.45, 7) is 5.82. The molecule has 0 saturated heterocycles. The van der Waals surface area contributed by atoms with Gasteiger partial charge in [-0.2, -0.15) is 5.10 Å². The van der Waals surface area contributed by atoms with Crippen LogP contribution in [0.25, 0.3) is 10.2 Å². The average molecular weight is 354 g/mol. The zero-order chi connectivity index (χ0) is 18.0. The maximum Gasteiger partial charge on any atom is 0.259 e. The van der Waals surface area contributed by atoms with E-state index < -0.39 is 0 Å². The molecule has 2 heterocycles. The van der Waals surface area contributed by atoms with E-state index in [1.54, 1.807) is 6.21 Å². The molecule has 2 aromatic heterocycles. The van der Waals surface area contributed by atoms with Crippen LogP contribution in [0.15, 0.2) is 34.2 Å². The number of aryl methyl sites for hydroxylation is 3. The molecule has 0 bridgehead atoms. The van der Waals surface area contributed by atoms with E-state index in [0.717, 1.165) is 21.6 Å². The van der Waals surface area contributed by atoms with Crippen molar-refractivity contribution < 1.29 is 4.79 Å². The van der Waals surface area contributed by atoms with Gasteiger partial charge in [0.2, 0.25) is 5.91 Å². The molecule has 0 saturated carbocycles. The highest BCUT2D eigenvalue weighted by Crippen LogP contribution is 2.25. The number of carbonyl (C=O) groups is 1. The third-order valence-electron chi connectivity index (χ3n) is 4.00. The summed E-state index contributed by atoms with van der Waals surface area (Å²) in [5, 5.41) is 4.56. The molecule has 1 amide bonds. The fraction of sp³-hybridized carbons (Fsp3) is 0.222. The van der Waals surface area contributed by atoms with E-state index in [4.69, 9.17) is 0 Å². The van der Waals surface area contributed by atoms with Crippen LogP contribution in [0.2, 0.25) is 0 Å². The van der Waals surface area contributed by atoms with E-state index >= 15 is 0 Å². The first-order chi connectivity index (χ1) is 12.0. The zero-order valence-corrected chi connectivity index (χ0v) is 15.0. The van der Waals surface area contributed by atoms with Gasteiger partial charge < -0.3 is 4.98 Å². The van der Waals surface area contributed by atoms with Gasteiger partial charge in [-0.15, -0.1) is 11.3 Å². The summed E-state index contributed by atoms with van der Waals surface area (Å²) in [5.41, 5.74) is 5.19. The second kappa shape index (κ2) is 6.98. The van der Waals surface area contributed by atoms with Gasteiger partial charge in [-0.25, -0.2) is 10.4 Å². The summed E-state index contributed by atoms with van der Waals surface area (Å²) in [6, 6.07) is 7.74. The zero-order valence-electron chi connectivity index (χ0n) is 14.2. The Bertz CT molecular complexity index is 1030. The number of rotatable bonds is 4. The molecule has 0 fully saturated rings. The lowest BCUT2D eigenvalue weighted by Gasteiger charge is -2.01. The second-order valence-corrected chi connectivity index (χ2v) is 7.01. The maximum absolute atomic E-state index is 12.2. The summed E-state index contributed by atoms with van der Waals surface area (Å²) >= 11 is 1.46. The minimum atomic E-state index is -0.336. The number of H-pyrrole nitrogens is 1. The minimum absolute atomic E-state index is 0.0354. The van der Waals surface area contributed by atoms with Gasteiger partial charge in [0.05, 0.1) is 18.0 Å². The molecule has 1 aromatic carbocycles. The largest absolute Gasteiger partial charge is 0.309 e. The summed E-state index contributed by atoms with van der Waals surface area (Å²) in [6.07, 6.45) is 1.56. The van der Waals surface area contributed by atoms with Gasteiger partial charge in [-0.3, -0.25) is 9.59 Å². The predicted molar refractivity (Wildman–Crippen MR) is 100 cm³/mol.